The molecule has 10 heteroatoms. The Morgan fingerprint density at radius 3 is 2.32 bits per heavy atom. The van der Waals surface area contributed by atoms with Crippen molar-refractivity contribution in [3.63, 3.8) is 0 Å². The molecule has 146 valence electrons. The van der Waals surface area contributed by atoms with E-state index < -0.39 is 21.8 Å². The minimum Gasteiger partial charge on any atom is -0.335 e. The van der Waals surface area contributed by atoms with Gasteiger partial charge in [0.15, 0.2) is 0 Å². The van der Waals surface area contributed by atoms with E-state index in [1.54, 1.807) is 11.0 Å². The average molecular weight is 419 g/mol. The maximum absolute atomic E-state index is 12.9. The molecular formula is C18H17N3O5S2. The molecule has 2 aliphatic rings. The van der Waals surface area contributed by atoms with Gasteiger partial charge in [0.25, 0.3) is 17.7 Å². The van der Waals surface area contributed by atoms with Gasteiger partial charge in [0.05, 0.1) is 20.9 Å². The number of aryl methyl sites for hydroxylation is 1. The van der Waals surface area contributed by atoms with Crippen molar-refractivity contribution in [2.75, 3.05) is 26.2 Å². The van der Waals surface area contributed by atoms with E-state index in [4.69, 9.17) is 0 Å². The molecule has 0 atom stereocenters. The SMILES string of the molecule is Cc1ccc(C(=O)N2CCN(S(=O)(=O)c3ccc4c(c3)C(=O)NC4=O)CC2)s1. The van der Waals surface area contributed by atoms with Crippen molar-refractivity contribution in [3.05, 3.63) is 51.2 Å². The van der Waals surface area contributed by atoms with Gasteiger partial charge in [-0.2, -0.15) is 4.31 Å². The standard InChI is InChI=1S/C18H17N3O5S2/c1-11-2-5-15(27-11)18(24)20-6-8-21(9-7-20)28(25,26)12-3-4-13-14(10-12)17(23)19-16(13)22/h2-5,10H,6-9H2,1H3,(H,19,22,23). The molecule has 3 amide bonds. The van der Waals surface area contributed by atoms with Gasteiger partial charge in [0.2, 0.25) is 10.0 Å². The quantitative estimate of drug-likeness (QED) is 0.750. The second-order valence-corrected chi connectivity index (χ2v) is 9.82. The molecule has 0 aliphatic carbocycles. The van der Waals surface area contributed by atoms with Crippen LogP contribution in [-0.4, -0.2) is 61.5 Å². The summed E-state index contributed by atoms with van der Waals surface area (Å²) < 4.78 is 27.2. The Kier molecular flexibility index (Phi) is 4.56. The van der Waals surface area contributed by atoms with E-state index in [2.05, 4.69) is 5.32 Å². The van der Waals surface area contributed by atoms with Crippen molar-refractivity contribution in [2.24, 2.45) is 0 Å². The summed E-state index contributed by atoms with van der Waals surface area (Å²) in [6.45, 7) is 2.84. The topological polar surface area (TPSA) is 104 Å². The number of sulfonamides is 1. The summed E-state index contributed by atoms with van der Waals surface area (Å²) in [4.78, 5) is 39.3. The number of hydrogen-bond acceptors (Lipinski definition) is 6. The molecule has 0 spiro atoms. The van der Waals surface area contributed by atoms with E-state index in [1.807, 2.05) is 13.0 Å². The number of carbonyl (C=O) groups excluding carboxylic acids is 3. The average Bonchev–Trinajstić information content (AvgIpc) is 3.24. The van der Waals surface area contributed by atoms with Gasteiger partial charge >= 0.3 is 0 Å². The van der Waals surface area contributed by atoms with Crippen LogP contribution in [0.25, 0.3) is 0 Å². The maximum Gasteiger partial charge on any atom is 0.264 e. The van der Waals surface area contributed by atoms with Crippen molar-refractivity contribution >= 4 is 39.1 Å². The van der Waals surface area contributed by atoms with Crippen LogP contribution in [0, 0.1) is 6.92 Å². The summed E-state index contributed by atoms with van der Waals surface area (Å²) in [5.41, 5.74) is 0.235. The maximum atomic E-state index is 12.9. The zero-order valence-corrected chi connectivity index (χ0v) is 16.6. The Bertz CT molecular complexity index is 1100. The van der Waals surface area contributed by atoms with Crippen LogP contribution in [-0.2, 0) is 10.0 Å². The van der Waals surface area contributed by atoms with E-state index in [9.17, 15) is 22.8 Å². The Balaban J connectivity index is 1.50. The minimum absolute atomic E-state index is 0.0373. The lowest BCUT2D eigenvalue weighted by Crippen LogP contribution is -2.50. The van der Waals surface area contributed by atoms with E-state index >= 15 is 0 Å². The normalized spacial score (nSPS) is 17.5. The molecule has 1 N–H and O–H groups in total. The fourth-order valence-electron chi connectivity index (χ4n) is 3.29. The number of imide groups is 1. The number of nitrogens with zero attached hydrogens (tertiary/aromatic N) is 2. The van der Waals surface area contributed by atoms with E-state index in [0.717, 1.165) is 4.88 Å². The van der Waals surface area contributed by atoms with Crippen LogP contribution in [0.2, 0.25) is 0 Å². The highest BCUT2D eigenvalue weighted by Gasteiger charge is 2.33. The summed E-state index contributed by atoms with van der Waals surface area (Å²) in [5.74, 6) is -1.22. The van der Waals surface area contributed by atoms with Crippen molar-refractivity contribution in [1.29, 1.82) is 0 Å². The van der Waals surface area contributed by atoms with Crippen LogP contribution in [0.1, 0.15) is 35.3 Å². The van der Waals surface area contributed by atoms with Crippen LogP contribution < -0.4 is 5.32 Å². The Morgan fingerprint density at radius 2 is 1.68 bits per heavy atom. The van der Waals surface area contributed by atoms with E-state index in [1.165, 1.54) is 33.8 Å². The molecule has 0 bridgehead atoms. The molecule has 1 aromatic heterocycles. The van der Waals surface area contributed by atoms with Crippen molar-refractivity contribution in [3.8, 4) is 0 Å². The number of rotatable bonds is 3. The highest BCUT2D eigenvalue weighted by Crippen LogP contribution is 2.24. The number of piperazine rings is 1. The van der Waals surface area contributed by atoms with Gasteiger partial charge in [-0.05, 0) is 37.3 Å². The van der Waals surface area contributed by atoms with Crippen molar-refractivity contribution < 1.29 is 22.8 Å². The molecular weight excluding hydrogens is 402 g/mol. The number of nitrogens with one attached hydrogen (secondary N) is 1. The molecule has 8 nitrogen and oxygen atoms in total. The molecule has 4 rings (SSSR count). The monoisotopic (exact) mass is 419 g/mol. The summed E-state index contributed by atoms with van der Waals surface area (Å²) >= 11 is 1.42. The second kappa shape index (κ2) is 6.80. The number of carbonyl (C=O) groups is 3. The summed E-state index contributed by atoms with van der Waals surface area (Å²) in [6, 6.07) is 7.58. The molecule has 3 heterocycles. The first-order valence-electron chi connectivity index (χ1n) is 8.63. The van der Waals surface area contributed by atoms with Crippen LogP contribution in [0.4, 0.5) is 0 Å². The first-order chi connectivity index (χ1) is 13.3. The van der Waals surface area contributed by atoms with Gasteiger partial charge in [-0.1, -0.05) is 0 Å². The Morgan fingerprint density at radius 1 is 1.00 bits per heavy atom. The molecule has 0 unspecified atom stereocenters. The van der Waals surface area contributed by atoms with Gasteiger partial charge in [-0.15, -0.1) is 11.3 Å². The third kappa shape index (κ3) is 3.13. The summed E-state index contributed by atoms with van der Waals surface area (Å²) in [7, 11) is -3.83. The van der Waals surface area contributed by atoms with E-state index in [-0.39, 0.29) is 35.0 Å². The fraction of sp³-hybridized carbons (Fsp3) is 0.278. The smallest absolute Gasteiger partial charge is 0.264 e. The van der Waals surface area contributed by atoms with Crippen LogP contribution in [0.5, 0.6) is 0 Å². The number of benzene rings is 1. The van der Waals surface area contributed by atoms with Crippen LogP contribution >= 0.6 is 11.3 Å². The molecule has 28 heavy (non-hydrogen) atoms. The first-order valence-corrected chi connectivity index (χ1v) is 10.9. The number of thiophene rings is 1. The van der Waals surface area contributed by atoms with Crippen LogP contribution in [0.3, 0.4) is 0 Å². The van der Waals surface area contributed by atoms with Gasteiger partial charge in [-0.25, -0.2) is 8.42 Å². The zero-order valence-electron chi connectivity index (χ0n) is 15.0. The number of fused-ring (bicyclic) bond motifs is 1. The molecule has 2 aliphatic heterocycles. The van der Waals surface area contributed by atoms with Gasteiger partial charge in [0.1, 0.15) is 0 Å². The highest BCUT2D eigenvalue weighted by molar-refractivity contribution is 7.89. The lowest BCUT2D eigenvalue weighted by atomic mass is 10.1. The third-order valence-electron chi connectivity index (χ3n) is 4.82. The molecule has 1 aromatic carbocycles. The lowest BCUT2D eigenvalue weighted by molar-refractivity contribution is 0.0702. The third-order valence-corrected chi connectivity index (χ3v) is 7.71. The first kappa shape index (κ1) is 18.8. The summed E-state index contributed by atoms with van der Waals surface area (Å²) in [6.07, 6.45) is 0. The molecule has 1 fully saturated rings. The predicted molar refractivity (Wildman–Crippen MR) is 102 cm³/mol. The lowest BCUT2D eigenvalue weighted by Gasteiger charge is -2.33. The number of hydrogen-bond donors (Lipinski definition) is 1. The second-order valence-electron chi connectivity index (χ2n) is 6.60. The zero-order chi connectivity index (χ0) is 20.1. The Hall–Kier alpha value is -2.56. The molecule has 2 aromatic rings. The van der Waals surface area contributed by atoms with Gasteiger partial charge < -0.3 is 4.90 Å². The minimum atomic E-state index is -3.83. The summed E-state index contributed by atoms with van der Waals surface area (Å²) in [5, 5.41) is 2.15. The Labute approximate surface area is 165 Å². The van der Waals surface area contributed by atoms with Crippen molar-refractivity contribution in [2.45, 2.75) is 11.8 Å². The molecule has 0 saturated carbocycles. The van der Waals surface area contributed by atoms with Gasteiger partial charge in [-0.3, -0.25) is 19.7 Å². The van der Waals surface area contributed by atoms with Crippen molar-refractivity contribution in [1.82, 2.24) is 14.5 Å². The fourth-order valence-corrected chi connectivity index (χ4v) is 5.58. The largest absolute Gasteiger partial charge is 0.335 e. The van der Waals surface area contributed by atoms with E-state index in [0.29, 0.717) is 18.0 Å². The predicted octanol–water partition coefficient (Wildman–Crippen LogP) is 1.09. The molecule has 1 saturated heterocycles. The highest BCUT2D eigenvalue weighted by atomic mass is 32.2. The van der Waals surface area contributed by atoms with Crippen LogP contribution in [0.15, 0.2) is 35.2 Å². The number of amides is 3. The van der Waals surface area contributed by atoms with Gasteiger partial charge in [0, 0.05) is 31.1 Å². The molecule has 0 radical (unpaired) electrons.